The lowest BCUT2D eigenvalue weighted by molar-refractivity contribution is 0.141. The molecule has 3 heterocycles. The summed E-state index contributed by atoms with van der Waals surface area (Å²) in [6.07, 6.45) is 0. The van der Waals surface area contributed by atoms with Gasteiger partial charge < -0.3 is 19.7 Å². The highest BCUT2D eigenvalue weighted by atomic mass is 32.1. The minimum Gasteiger partial charge on any atom is -0.454 e. The summed E-state index contributed by atoms with van der Waals surface area (Å²) in [4.78, 5) is 9.82. The minimum atomic E-state index is 0.278. The van der Waals surface area contributed by atoms with Crippen LogP contribution in [0.4, 0.5) is 0 Å². The smallest absolute Gasteiger partial charge is 0.231 e. The number of hydrogen-bond donors (Lipinski definition) is 1. The topological polar surface area (TPSA) is 49.9 Å². The number of hydrogen-bond acceptors (Lipinski definition) is 7. The van der Waals surface area contributed by atoms with Gasteiger partial charge in [-0.1, -0.05) is 30.3 Å². The van der Waals surface area contributed by atoms with Crippen LogP contribution in [0.3, 0.4) is 0 Å². The van der Waals surface area contributed by atoms with E-state index in [9.17, 15) is 0 Å². The van der Waals surface area contributed by atoms with Gasteiger partial charge in [0.25, 0.3) is 0 Å². The summed E-state index contributed by atoms with van der Waals surface area (Å²) in [6.45, 7) is 6.54. The molecule has 0 saturated carbocycles. The number of nitrogens with zero attached hydrogens (tertiary/aromatic N) is 3. The fourth-order valence-corrected chi connectivity index (χ4v) is 4.86. The van der Waals surface area contributed by atoms with Crippen molar-refractivity contribution in [1.29, 1.82) is 0 Å². The van der Waals surface area contributed by atoms with Crippen LogP contribution in [0.5, 0.6) is 11.5 Å². The molecule has 1 fully saturated rings. The largest absolute Gasteiger partial charge is 0.454 e. The van der Waals surface area contributed by atoms with E-state index in [4.69, 9.17) is 14.5 Å². The second-order valence-corrected chi connectivity index (χ2v) is 9.02. The molecule has 1 saturated heterocycles. The van der Waals surface area contributed by atoms with Crippen LogP contribution in [0.1, 0.15) is 17.3 Å². The van der Waals surface area contributed by atoms with E-state index < -0.39 is 0 Å². The van der Waals surface area contributed by atoms with E-state index in [-0.39, 0.29) is 6.04 Å². The first-order chi connectivity index (χ1) is 15.2. The third-order valence-corrected chi connectivity index (χ3v) is 6.88. The minimum absolute atomic E-state index is 0.278. The maximum Gasteiger partial charge on any atom is 0.231 e. The van der Waals surface area contributed by atoms with Crippen molar-refractivity contribution in [1.82, 2.24) is 20.1 Å². The first-order valence-corrected chi connectivity index (χ1v) is 11.7. The molecule has 2 aliphatic heterocycles. The van der Waals surface area contributed by atoms with Crippen molar-refractivity contribution < 1.29 is 9.47 Å². The van der Waals surface area contributed by atoms with Crippen molar-refractivity contribution in [3.8, 4) is 22.1 Å². The molecule has 2 aromatic carbocycles. The molecule has 5 rings (SSSR count). The third-order valence-electron chi connectivity index (χ3n) is 5.94. The van der Waals surface area contributed by atoms with Crippen molar-refractivity contribution in [2.24, 2.45) is 0 Å². The number of nitrogens with one attached hydrogen (secondary N) is 1. The van der Waals surface area contributed by atoms with E-state index in [1.165, 1.54) is 5.56 Å². The van der Waals surface area contributed by atoms with E-state index in [0.29, 0.717) is 6.79 Å². The van der Waals surface area contributed by atoms with Gasteiger partial charge in [-0.2, -0.15) is 0 Å². The molecule has 2 aliphatic rings. The average molecular weight is 437 g/mol. The van der Waals surface area contributed by atoms with Gasteiger partial charge >= 0.3 is 0 Å². The van der Waals surface area contributed by atoms with Gasteiger partial charge in [0.1, 0.15) is 5.01 Å². The summed E-state index contributed by atoms with van der Waals surface area (Å²) in [5.74, 6) is 1.60. The Morgan fingerprint density at radius 1 is 1.03 bits per heavy atom. The lowest BCUT2D eigenvalue weighted by Gasteiger charge is -2.35. The first kappa shape index (κ1) is 20.5. The van der Waals surface area contributed by atoms with E-state index in [1.54, 1.807) is 11.3 Å². The quantitative estimate of drug-likeness (QED) is 0.611. The Balaban J connectivity index is 1.26. The summed E-state index contributed by atoms with van der Waals surface area (Å²) in [6, 6.07) is 17.0. The summed E-state index contributed by atoms with van der Waals surface area (Å²) in [7, 11) is 2.20. The van der Waals surface area contributed by atoms with Crippen LogP contribution in [-0.2, 0) is 6.54 Å². The maximum absolute atomic E-state index is 5.51. The fourth-order valence-electron chi connectivity index (χ4n) is 4.04. The number of rotatable bonds is 7. The molecule has 0 radical (unpaired) electrons. The molecule has 1 N–H and O–H groups in total. The SMILES string of the molecule is CN1CCN(CC(NCc2csc(-c3ccc4c(c3)OCO4)n2)c2ccccc2)CC1. The van der Waals surface area contributed by atoms with Crippen molar-refractivity contribution >= 4 is 11.3 Å². The molecule has 31 heavy (non-hydrogen) atoms. The van der Waals surface area contributed by atoms with Crippen LogP contribution >= 0.6 is 11.3 Å². The number of aromatic nitrogens is 1. The van der Waals surface area contributed by atoms with Crippen molar-refractivity contribution in [3.05, 3.63) is 65.2 Å². The van der Waals surface area contributed by atoms with Crippen LogP contribution in [0, 0.1) is 0 Å². The summed E-state index contributed by atoms with van der Waals surface area (Å²) >= 11 is 1.67. The van der Waals surface area contributed by atoms with E-state index in [2.05, 4.69) is 57.9 Å². The van der Waals surface area contributed by atoms with Crippen LogP contribution < -0.4 is 14.8 Å². The predicted molar refractivity (Wildman–Crippen MR) is 124 cm³/mol. The highest BCUT2D eigenvalue weighted by Gasteiger charge is 2.20. The van der Waals surface area contributed by atoms with Gasteiger partial charge in [-0.05, 0) is 30.8 Å². The molecule has 0 spiro atoms. The van der Waals surface area contributed by atoms with Crippen LogP contribution in [0.15, 0.2) is 53.9 Å². The normalized spacial score (nSPS) is 17.7. The molecule has 1 aromatic heterocycles. The molecular formula is C24H28N4O2S. The van der Waals surface area contributed by atoms with Gasteiger partial charge in [0.05, 0.1) is 5.69 Å². The van der Waals surface area contributed by atoms with E-state index in [0.717, 1.165) is 67.0 Å². The second-order valence-electron chi connectivity index (χ2n) is 8.16. The Kier molecular flexibility index (Phi) is 6.18. The molecule has 0 bridgehead atoms. The number of piperazine rings is 1. The second kappa shape index (κ2) is 9.36. The number of likely N-dealkylation sites (N-methyl/N-ethyl adjacent to an activating group) is 1. The van der Waals surface area contributed by atoms with Crippen molar-refractivity contribution in [3.63, 3.8) is 0 Å². The van der Waals surface area contributed by atoms with Crippen LogP contribution in [0.2, 0.25) is 0 Å². The monoisotopic (exact) mass is 436 g/mol. The Morgan fingerprint density at radius 2 is 1.84 bits per heavy atom. The standard InChI is InChI=1S/C24H28N4O2S/c1-27-9-11-28(12-10-27)15-21(18-5-3-2-4-6-18)25-14-20-16-31-24(26-20)19-7-8-22-23(13-19)30-17-29-22/h2-8,13,16,21,25H,9-12,14-15,17H2,1H3. The van der Waals surface area contributed by atoms with Crippen LogP contribution in [-0.4, -0.2) is 61.3 Å². The molecule has 3 aromatic rings. The number of fused-ring (bicyclic) bond motifs is 1. The predicted octanol–water partition coefficient (Wildman–Crippen LogP) is 3.62. The van der Waals surface area contributed by atoms with E-state index in [1.807, 2.05) is 18.2 Å². The zero-order chi connectivity index (χ0) is 21.0. The highest BCUT2D eigenvalue weighted by Crippen LogP contribution is 2.36. The molecule has 1 atom stereocenters. The summed E-state index contributed by atoms with van der Waals surface area (Å²) in [5.41, 5.74) is 3.46. The Labute approximate surface area is 187 Å². The third kappa shape index (κ3) is 4.91. The Bertz CT molecular complexity index is 1000. The number of benzene rings is 2. The first-order valence-electron chi connectivity index (χ1n) is 10.8. The van der Waals surface area contributed by atoms with Crippen molar-refractivity contribution in [2.45, 2.75) is 12.6 Å². The van der Waals surface area contributed by atoms with Gasteiger partial charge in [-0.25, -0.2) is 4.98 Å². The average Bonchev–Trinajstić information content (AvgIpc) is 3.47. The van der Waals surface area contributed by atoms with E-state index >= 15 is 0 Å². The maximum atomic E-state index is 5.51. The zero-order valence-corrected chi connectivity index (χ0v) is 18.6. The number of thiazole rings is 1. The molecule has 1 unspecified atom stereocenters. The van der Waals surface area contributed by atoms with Gasteiger partial charge in [0, 0.05) is 56.3 Å². The lowest BCUT2D eigenvalue weighted by atomic mass is 10.1. The Morgan fingerprint density at radius 3 is 2.68 bits per heavy atom. The van der Waals surface area contributed by atoms with Crippen molar-refractivity contribution in [2.75, 3.05) is 46.6 Å². The Hall–Kier alpha value is -2.45. The van der Waals surface area contributed by atoms with Crippen LogP contribution in [0.25, 0.3) is 10.6 Å². The number of ether oxygens (including phenoxy) is 2. The zero-order valence-electron chi connectivity index (χ0n) is 17.8. The molecule has 162 valence electrons. The molecule has 0 aliphatic carbocycles. The van der Waals surface area contributed by atoms with Gasteiger partial charge in [0.15, 0.2) is 11.5 Å². The lowest BCUT2D eigenvalue weighted by Crippen LogP contribution is -2.47. The van der Waals surface area contributed by atoms with Gasteiger partial charge in [-0.3, -0.25) is 4.90 Å². The highest BCUT2D eigenvalue weighted by molar-refractivity contribution is 7.13. The summed E-state index contributed by atoms with van der Waals surface area (Å²) in [5, 5.41) is 6.91. The molecule has 0 amide bonds. The molecule has 7 heteroatoms. The molecule has 6 nitrogen and oxygen atoms in total. The fraction of sp³-hybridized carbons (Fsp3) is 0.375. The van der Waals surface area contributed by atoms with Gasteiger partial charge in [0.2, 0.25) is 6.79 Å². The van der Waals surface area contributed by atoms with Gasteiger partial charge in [-0.15, -0.1) is 11.3 Å². The summed E-state index contributed by atoms with van der Waals surface area (Å²) < 4.78 is 10.9. The molecular weight excluding hydrogens is 408 g/mol.